The monoisotopic (exact) mass is 224 g/mol. The average Bonchev–Trinajstić information content (AvgIpc) is 2.17. The minimum Gasteiger partial charge on any atom is -0.366 e. The first-order valence-corrected chi connectivity index (χ1v) is 6.59. The summed E-state index contributed by atoms with van der Waals surface area (Å²) in [5.41, 5.74) is 2.85. The van der Waals surface area contributed by atoms with Gasteiger partial charge in [-0.3, -0.25) is 0 Å². The van der Waals surface area contributed by atoms with Crippen LogP contribution in [0.15, 0.2) is 24.3 Å². The van der Waals surface area contributed by atoms with Crippen LogP contribution in [0.5, 0.6) is 0 Å². The highest BCUT2D eigenvalue weighted by atomic mass is 32.2. The molecule has 0 aliphatic heterocycles. The van der Waals surface area contributed by atoms with Crippen molar-refractivity contribution in [3.8, 4) is 0 Å². The van der Waals surface area contributed by atoms with Gasteiger partial charge in [0.25, 0.3) is 0 Å². The topological polar surface area (TPSA) is 9.23 Å². The van der Waals surface area contributed by atoms with Gasteiger partial charge >= 0.3 is 0 Å². The summed E-state index contributed by atoms with van der Waals surface area (Å²) in [6, 6.07) is 8.65. The Morgan fingerprint density at radius 1 is 1.27 bits per heavy atom. The van der Waals surface area contributed by atoms with E-state index in [0.717, 1.165) is 5.94 Å². The van der Waals surface area contributed by atoms with Gasteiger partial charge in [-0.1, -0.05) is 45.0 Å². The number of benzene rings is 1. The van der Waals surface area contributed by atoms with E-state index in [2.05, 4.69) is 45.0 Å². The Labute approximate surface area is 97.2 Å². The first kappa shape index (κ1) is 12.6. The second-order valence-corrected chi connectivity index (χ2v) is 5.52. The quantitative estimate of drug-likeness (QED) is 0.568. The molecule has 0 spiro atoms. The maximum absolute atomic E-state index is 5.50. The van der Waals surface area contributed by atoms with Crippen LogP contribution in [0.1, 0.15) is 31.9 Å². The third-order valence-corrected chi connectivity index (χ3v) is 2.67. The Balaban J connectivity index is 2.66. The zero-order chi connectivity index (χ0) is 11.3. The van der Waals surface area contributed by atoms with E-state index in [-0.39, 0.29) is 5.41 Å². The molecule has 0 saturated carbocycles. The molecule has 0 atom stereocenters. The molecule has 1 rings (SSSR count). The van der Waals surface area contributed by atoms with Crippen molar-refractivity contribution < 1.29 is 4.74 Å². The van der Waals surface area contributed by atoms with Crippen LogP contribution in [-0.4, -0.2) is 12.2 Å². The number of hydrogen-bond acceptors (Lipinski definition) is 2. The molecule has 0 aromatic heterocycles. The Kier molecular flexibility index (Phi) is 4.68. The molecule has 1 aromatic rings. The average molecular weight is 224 g/mol. The van der Waals surface area contributed by atoms with Gasteiger partial charge in [-0.05, 0) is 22.8 Å². The minimum atomic E-state index is 0.218. The zero-order valence-electron chi connectivity index (χ0n) is 10.0. The lowest BCUT2D eigenvalue weighted by Gasteiger charge is -2.19. The first-order valence-electron chi connectivity index (χ1n) is 5.20. The molecule has 0 N–H and O–H groups in total. The van der Waals surface area contributed by atoms with Crippen LogP contribution in [0.2, 0.25) is 0 Å². The zero-order valence-corrected chi connectivity index (χ0v) is 10.9. The van der Waals surface area contributed by atoms with E-state index >= 15 is 0 Å². The van der Waals surface area contributed by atoms with Gasteiger partial charge in [0.05, 0.1) is 12.5 Å². The van der Waals surface area contributed by atoms with Crippen molar-refractivity contribution in [2.75, 3.05) is 12.2 Å². The Morgan fingerprint density at radius 3 is 2.60 bits per heavy atom. The highest BCUT2D eigenvalue weighted by Crippen LogP contribution is 2.23. The smallest absolute Gasteiger partial charge is 0.0922 e. The molecule has 1 nitrogen and oxygen atoms in total. The molecule has 0 saturated heterocycles. The fourth-order valence-corrected chi connectivity index (χ4v) is 1.62. The molecule has 0 radical (unpaired) electrons. The molecule has 0 bridgehead atoms. The van der Waals surface area contributed by atoms with E-state index in [1.165, 1.54) is 11.1 Å². The Bertz CT molecular complexity index is 302. The maximum Gasteiger partial charge on any atom is 0.0922 e. The molecular formula is C13H20OS. The van der Waals surface area contributed by atoms with Gasteiger partial charge in [0.1, 0.15) is 0 Å². The molecule has 0 fully saturated rings. The third-order valence-electron chi connectivity index (χ3n) is 2.26. The normalized spacial score (nSPS) is 11.7. The fourth-order valence-electron chi connectivity index (χ4n) is 1.37. The van der Waals surface area contributed by atoms with E-state index in [9.17, 15) is 0 Å². The predicted molar refractivity (Wildman–Crippen MR) is 68.3 cm³/mol. The van der Waals surface area contributed by atoms with Crippen molar-refractivity contribution >= 4 is 11.8 Å². The summed E-state index contributed by atoms with van der Waals surface area (Å²) in [6.07, 6.45) is 2.05. The van der Waals surface area contributed by atoms with Gasteiger partial charge in [-0.15, -0.1) is 11.8 Å². The number of rotatable bonds is 4. The molecule has 0 heterocycles. The SMILES string of the molecule is CSCOCc1cccc(C(C)(C)C)c1. The van der Waals surface area contributed by atoms with Crippen molar-refractivity contribution in [1.82, 2.24) is 0 Å². The molecule has 0 aliphatic carbocycles. The standard InChI is InChI=1S/C13H20OS/c1-13(2,3)12-7-5-6-11(8-12)9-14-10-15-4/h5-8H,9-10H2,1-4H3. The van der Waals surface area contributed by atoms with E-state index in [4.69, 9.17) is 4.74 Å². The van der Waals surface area contributed by atoms with Crippen LogP contribution in [0.25, 0.3) is 0 Å². The van der Waals surface area contributed by atoms with E-state index in [1.54, 1.807) is 11.8 Å². The largest absolute Gasteiger partial charge is 0.366 e. The summed E-state index contributed by atoms with van der Waals surface area (Å²) in [5, 5.41) is 0. The van der Waals surface area contributed by atoms with Crippen molar-refractivity contribution in [3.05, 3.63) is 35.4 Å². The predicted octanol–water partition coefficient (Wildman–Crippen LogP) is 3.82. The second kappa shape index (κ2) is 5.57. The van der Waals surface area contributed by atoms with Gasteiger partial charge in [-0.2, -0.15) is 0 Å². The molecule has 0 amide bonds. The summed E-state index contributed by atoms with van der Waals surface area (Å²) in [5.74, 6) is 0.764. The van der Waals surface area contributed by atoms with Crippen molar-refractivity contribution in [3.63, 3.8) is 0 Å². The molecule has 15 heavy (non-hydrogen) atoms. The van der Waals surface area contributed by atoms with Crippen molar-refractivity contribution in [1.29, 1.82) is 0 Å². The van der Waals surface area contributed by atoms with Crippen molar-refractivity contribution in [2.24, 2.45) is 0 Å². The fraction of sp³-hybridized carbons (Fsp3) is 0.538. The lowest BCUT2D eigenvalue weighted by atomic mass is 9.86. The first-order chi connectivity index (χ1) is 7.04. The van der Waals surface area contributed by atoms with E-state index in [1.807, 2.05) is 6.26 Å². The van der Waals surface area contributed by atoms with Crippen LogP contribution in [0.4, 0.5) is 0 Å². The summed E-state index contributed by atoms with van der Waals surface area (Å²) >= 11 is 1.71. The molecule has 1 aromatic carbocycles. The molecule has 2 heteroatoms. The van der Waals surface area contributed by atoms with Crippen LogP contribution >= 0.6 is 11.8 Å². The lowest BCUT2D eigenvalue weighted by molar-refractivity contribution is 0.169. The summed E-state index contributed by atoms with van der Waals surface area (Å²) in [6.45, 7) is 7.41. The number of ether oxygens (including phenoxy) is 1. The highest BCUT2D eigenvalue weighted by molar-refractivity contribution is 7.98. The lowest BCUT2D eigenvalue weighted by Crippen LogP contribution is -2.11. The van der Waals surface area contributed by atoms with E-state index < -0.39 is 0 Å². The Morgan fingerprint density at radius 2 is 2.00 bits per heavy atom. The van der Waals surface area contributed by atoms with Gasteiger partial charge in [0.2, 0.25) is 0 Å². The van der Waals surface area contributed by atoms with Crippen LogP contribution in [0.3, 0.4) is 0 Å². The number of hydrogen-bond donors (Lipinski definition) is 0. The minimum absolute atomic E-state index is 0.218. The number of thioether (sulfide) groups is 1. The summed E-state index contributed by atoms with van der Waals surface area (Å²) in [7, 11) is 0. The van der Waals surface area contributed by atoms with Gasteiger partial charge in [-0.25, -0.2) is 0 Å². The highest BCUT2D eigenvalue weighted by Gasteiger charge is 2.13. The second-order valence-electron chi connectivity index (χ2n) is 4.71. The van der Waals surface area contributed by atoms with E-state index in [0.29, 0.717) is 6.61 Å². The maximum atomic E-state index is 5.50. The Hall–Kier alpha value is -0.470. The summed E-state index contributed by atoms with van der Waals surface area (Å²) in [4.78, 5) is 0. The molecule has 84 valence electrons. The summed E-state index contributed by atoms with van der Waals surface area (Å²) < 4.78 is 5.50. The van der Waals surface area contributed by atoms with Gasteiger partial charge < -0.3 is 4.74 Å². The van der Waals surface area contributed by atoms with Crippen molar-refractivity contribution in [2.45, 2.75) is 32.8 Å². The van der Waals surface area contributed by atoms with Crippen LogP contribution in [0, 0.1) is 0 Å². The molecule has 0 unspecified atom stereocenters. The van der Waals surface area contributed by atoms with Crippen LogP contribution < -0.4 is 0 Å². The molecule has 0 aliphatic rings. The van der Waals surface area contributed by atoms with Gasteiger partial charge in [0.15, 0.2) is 0 Å². The molecular weight excluding hydrogens is 204 g/mol. The van der Waals surface area contributed by atoms with Crippen LogP contribution in [-0.2, 0) is 16.8 Å². The third kappa shape index (κ3) is 4.27. The van der Waals surface area contributed by atoms with Gasteiger partial charge in [0, 0.05) is 0 Å².